The van der Waals surface area contributed by atoms with Crippen molar-refractivity contribution < 1.29 is 14.2 Å². The van der Waals surface area contributed by atoms with E-state index in [9.17, 15) is 9.50 Å². The molecule has 5 nitrogen and oxygen atoms in total. The number of piperidine rings is 1. The van der Waals surface area contributed by atoms with Crippen LogP contribution >= 0.6 is 0 Å². The number of benzene rings is 1. The Morgan fingerprint density at radius 1 is 1.48 bits per heavy atom. The molecule has 0 unspecified atom stereocenters. The molecule has 2 aromatic rings. The van der Waals surface area contributed by atoms with Crippen molar-refractivity contribution in [3.8, 4) is 17.1 Å². The molecule has 6 heteroatoms. The van der Waals surface area contributed by atoms with E-state index in [0.717, 1.165) is 18.5 Å². The minimum Gasteiger partial charge on any atom is -0.496 e. The van der Waals surface area contributed by atoms with Crippen LogP contribution in [0.3, 0.4) is 0 Å². The number of rotatable bonds is 3. The van der Waals surface area contributed by atoms with E-state index >= 15 is 0 Å². The van der Waals surface area contributed by atoms with Crippen molar-refractivity contribution in [1.82, 2.24) is 14.9 Å². The standard InChI is InChI=1S/C15H18FN3O2/c1-21-14-8-10(16)2-3-11(14)15-18-6-7-19(15)12-4-5-17-9-13(12)20/h2-3,6-8,12-13,17,20H,4-5,9H2,1H3/t12-,13-/m0/s1. The van der Waals surface area contributed by atoms with Crippen LogP contribution in [0.1, 0.15) is 12.5 Å². The lowest BCUT2D eigenvalue weighted by atomic mass is 10.0. The fourth-order valence-electron chi connectivity index (χ4n) is 2.79. The van der Waals surface area contributed by atoms with Gasteiger partial charge >= 0.3 is 0 Å². The molecule has 0 spiro atoms. The number of halogens is 1. The fraction of sp³-hybridized carbons (Fsp3) is 0.400. The van der Waals surface area contributed by atoms with Crippen molar-refractivity contribution in [2.75, 3.05) is 20.2 Å². The Bertz CT molecular complexity index is 629. The molecule has 2 heterocycles. The monoisotopic (exact) mass is 291 g/mol. The van der Waals surface area contributed by atoms with Gasteiger partial charge in [-0.25, -0.2) is 9.37 Å². The highest BCUT2D eigenvalue weighted by Crippen LogP contribution is 2.32. The van der Waals surface area contributed by atoms with Gasteiger partial charge in [-0.1, -0.05) is 0 Å². The zero-order valence-corrected chi connectivity index (χ0v) is 11.8. The quantitative estimate of drug-likeness (QED) is 0.901. The van der Waals surface area contributed by atoms with Gasteiger partial charge in [0.2, 0.25) is 0 Å². The molecule has 2 N–H and O–H groups in total. The Balaban J connectivity index is 2.02. The first-order valence-corrected chi connectivity index (χ1v) is 6.96. The number of nitrogens with one attached hydrogen (secondary N) is 1. The van der Waals surface area contributed by atoms with Gasteiger partial charge in [-0.2, -0.15) is 0 Å². The third kappa shape index (κ3) is 2.64. The van der Waals surface area contributed by atoms with E-state index in [4.69, 9.17) is 4.74 Å². The zero-order chi connectivity index (χ0) is 14.8. The summed E-state index contributed by atoms with van der Waals surface area (Å²) in [6, 6.07) is 4.34. The highest BCUT2D eigenvalue weighted by molar-refractivity contribution is 5.64. The highest BCUT2D eigenvalue weighted by atomic mass is 19.1. The first kappa shape index (κ1) is 14.0. The van der Waals surface area contributed by atoms with Crippen LogP contribution in [0, 0.1) is 5.82 Å². The van der Waals surface area contributed by atoms with Crippen LogP contribution in [0.2, 0.25) is 0 Å². The maximum Gasteiger partial charge on any atom is 0.143 e. The molecule has 1 aliphatic heterocycles. The Labute approximate surface area is 122 Å². The van der Waals surface area contributed by atoms with Gasteiger partial charge in [0.1, 0.15) is 17.4 Å². The predicted molar refractivity (Wildman–Crippen MR) is 76.7 cm³/mol. The van der Waals surface area contributed by atoms with Gasteiger partial charge in [0.25, 0.3) is 0 Å². The third-order valence-electron chi connectivity index (χ3n) is 3.84. The minimum atomic E-state index is -0.474. The van der Waals surface area contributed by atoms with Crippen LogP contribution in [0.5, 0.6) is 5.75 Å². The van der Waals surface area contributed by atoms with E-state index in [1.165, 1.54) is 19.2 Å². The molecule has 3 rings (SSSR count). The second kappa shape index (κ2) is 5.83. The Morgan fingerprint density at radius 3 is 3.10 bits per heavy atom. The van der Waals surface area contributed by atoms with Crippen LogP contribution in [0.4, 0.5) is 4.39 Å². The molecule has 1 fully saturated rings. The molecular formula is C15H18FN3O2. The van der Waals surface area contributed by atoms with E-state index < -0.39 is 6.10 Å². The summed E-state index contributed by atoms with van der Waals surface area (Å²) in [5.74, 6) is 0.763. The van der Waals surface area contributed by atoms with Crippen LogP contribution in [-0.2, 0) is 0 Å². The van der Waals surface area contributed by atoms with E-state index in [1.807, 2.05) is 10.8 Å². The van der Waals surface area contributed by atoms with Crippen molar-refractivity contribution in [3.63, 3.8) is 0 Å². The average Bonchev–Trinajstić information content (AvgIpc) is 2.96. The minimum absolute atomic E-state index is 0.0430. The van der Waals surface area contributed by atoms with E-state index in [0.29, 0.717) is 18.1 Å². The molecule has 1 saturated heterocycles. The summed E-state index contributed by atoms with van der Waals surface area (Å²) in [7, 11) is 1.50. The number of hydrogen-bond acceptors (Lipinski definition) is 4. The van der Waals surface area contributed by atoms with Crippen molar-refractivity contribution in [3.05, 3.63) is 36.4 Å². The van der Waals surface area contributed by atoms with Crippen LogP contribution in [0.15, 0.2) is 30.6 Å². The molecule has 1 aromatic heterocycles. The summed E-state index contributed by atoms with van der Waals surface area (Å²) in [5, 5.41) is 13.3. The Hall–Kier alpha value is -1.92. The molecule has 0 radical (unpaired) electrons. The summed E-state index contributed by atoms with van der Waals surface area (Å²) in [6.45, 7) is 1.41. The normalized spacial score (nSPS) is 22.2. The maximum absolute atomic E-state index is 13.3. The van der Waals surface area contributed by atoms with E-state index in [1.54, 1.807) is 12.3 Å². The molecule has 1 aromatic carbocycles. The largest absolute Gasteiger partial charge is 0.496 e. The number of methoxy groups -OCH3 is 1. The average molecular weight is 291 g/mol. The van der Waals surface area contributed by atoms with Gasteiger partial charge in [0, 0.05) is 25.0 Å². The first-order valence-electron chi connectivity index (χ1n) is 6.96. The molecule has 2 atom stereocenters. The van der Waals surface area contributed by atoms with Gasteiger partial charge in [0.05, 0.1) is 24.8 Å². The predicted octanol–water partition coefficient (Wildman–Crippen LogP) is 1.59. The van der Waals surface area contributed by atoms with Gasteiger partial charge in [-0.05, 0) is 25.1 Å². The Kier molecular flexibility index (Phi) is 3.90. The summed E-state index contributed by atoms with van der Waals surface area (Å²) in [6.07, 6.45) is 3.87. The molecule has 112 valence electrons. The molecule has 0 bridgehead atoms. The number of nitrogens with zero attached hydrogens (tertiary/aromatic N) is 2. The SMILES string of the molecule is COc1cc(F)ccc1-c1nccn1[C@H]1CCNC[C@@H]1O. The molecular weight excluding hydrogens is 273 g/mol. The summed E-state index contributed by atoms with van der Waals surface area (Å²) in [4.78, 5) is 4.36. The van der Waals surface area contributed by atoms with Gasteiger partial charge in [-0.15, -0.1) is 0 Å². The number of imidazole rings is 1. The van der Waals surface area contributed by atoms with Gasteiger partial charge in [0.15, 0.2) is 0 Å². The zero-order valence-electron chi connectivity index (χ0n) is 11.8. The van der Waals surface area contributed by atoms with Crippen molar-refractivity contribution >= 4 is 0 Å². The topological polar surface area (TPSA) is 59.3 Å². The van der Waals surface area contributed by atoms with E-state index in [2.05, 4.69) is 10.3 Å². The smallest absolute Gasteiger partial charge is 0.143 e. The van der Waals surface area contributed by atoms with Gasteiger partial charge in [-0.3, -0.25) is 0 Å². The Morgan fingerprint density at radius 2 is 2.33 bits per heavy atom. The summed E-state index contributed by atoms with van der Waals surface area (Å²) in [5.41, 5.74) is 0.717. The fourth-order valence-corrected chi connectivity index (χ4v) is 2.79. The number of aromatic nitrogens is 2. The van der Waals surface area contributed by atoms with E-state index in [-0.39, 0.29) is 11.9 Å². The van der Waals surface area contributed by atoms with Gasteiger partial charge < -0.3 is 19.7 Å². The van der Waals surface area contributed by atoms with Crippen LogP contribution in [-0.4, -0.2) is 41.0 Å². The number of aliphatic hydroxyl groups is 1. The molecule has 21 heavy (non-hydrogen) atoms. The highest BCUT2D eigenvalue weighted by Gasteiger charge is 2.27. The molecule has 0 amide bonds. The summed E-state index contributed by atoms with van der Waals surface area (Å²) >= 11 is 0. The first-order chi connectivity index (χ1) is 10.2. The second-order valence-electron chi connectivity index (χ2n) is 5.13. The lowest BCUT2D eigenvalue weighted by Gasteiger charge is -2.30. The third-order valence-corrected chi connectivity index (χ3v) is 3.84. The van der Waals surface area contributed by atoms with Crippen molar-refractivity contribution in [1.29, 1.82) is 0 Å². The lowest BCUT2D eigenvalue weighted by molar-refractivity contribution is 0.0880. The van der Waals surface area contributed by atoms with Crippen molar-refractivity contribution in [2.24, 2.45) is 0 Å². The summed E-state index contributed by atoms with van der Waals surface area (Å²) < 4.78 is 20.5. The van der Waals surface area contributed by atoms with Crippen LogP contribution in [0.25, 0.3) is 11.4 Å². The molecule has 0 saturated carbocycles. The maximum atomic E-state index is 13.3. The second-order valence-corrected chi connectivity index (χ2v) is 5.13. The number of hydrogen-bond donors (Lipinski definition) is 2. The molecule has 1 aliphatic rings. The van der Waals surface area contributed by atoms with Crippen LogP contribution < -0.4 is 10.1 Å². The molecule has 0 aliphatic carbocycles. The number of β-amino-alcohol motifs (C(OH)–C–C–N with tert-alkyl or cyclic N) is 1. The number of aliphatic hydroxyl groups excluding tert-OH is 1. The van der Waals surface area contributed by atoms with Crippen molar-refractivity contribution in [2.45, 2.75) is 18.6 Å². The lowest BCUT2D eigenvalue weighted by Crippen LogP contribution is -2.41. The number of ether oxygens (including phenoxy) is 1.